The lowest BCUT2D eigenvalue weighted by Gasteiger charge is -2.09. The molecular formula is C10H12FN3O2. The van der Waals surface area contributed by atoms with Crippen molar-refractivity contribution < 1.29 is 14.0 Å². The summed E-state index contributed by atoms with van der Waals surface area (Å²) in [7, 11) is 0. The highest BCUT2D eigenvalue weighted by molar-refractivity contribution is 5.95. The van der Waals surface area contributed by atoms with Gasteiger partial charge in [0.1, 0.15) is 5.82 Å². The van der Waals surface area contributed by atoms with Gasteiger partial charge in [0, 0.05) is 11.3 Å². The van der Waals surface area contributed by atoms with Crippen molar-refractivity contribution in [2.24, 2.45) is 5.73 Å². The zero-order valence-electron chi connectivity index (χ0n) is 8.71. The van der Waals surface area contributed by atoms with Crippen LogP contribution >= 0.6 is 0 Å². The van der Waals surface area contributed by atoms with Gasteiger partial charge in [-0.1, -0.05) is 6.07 Å². The molecule has 0 aliphatic heterocycles. The smallest absolute Gasteiger partial charge is 0.318 e. The lowest BCUT2D eigenvalue weighted by Crippen LogP contribution is -2.38. The maximum absolute atomic E-state index is 13.1. The SMILES string of the molecule is Cc1c(F)cccc1NCC(=O)NC(N)=O. The van der Waals surface area contributed by atoms with Crippen LogP contribution in [0.3, 0.4) is 0 Å². The summed E-state index contributed by atoms with van der Waals surface area (Å²) < 4.78 is 13.1. The summed E-state index contributed by atoms with van der Waals surface area (Å²) in [4.78, 5) is 21.4. The minimum atomic E-state index is -0.914. The molecule has 0 aliphatic carbocycles. The Balaban J connectivity index is 2.58. The number of nitrogens with two attached hydrogens (primary N) is 1. The molecule has 6 heteroatoms. The number of nitrogens with one attached hydrogen (secondary N) is 2. The molecule has 1 aromatic rings. The van der Waals surface area contributed by atoms with Gasteiger partial charge in [-0.05, 0) is 19.1 Å². The van der Waals surface area contributed by atoms with Crippen LogP contribution in [-0.4, -0.2) is 18.5 Å². The van der Waals surface area contributed by atoms with Gasteiger partial charge in [0.25, 0.3) is 0 Å². The van der Waals surface area contributed by atoms with E-state index in [0.717, 1.165) is 0 Å². The van der Waals surface area contributed by atoms with Crippen LogP contribution in [0, 0.1) is 12.7 Å². The Bertz CT molecular complexity index is 421. The van der Waals surface area contributed by atoms with Crippen LogP contribution in [-0.2, 0) is 4.79 Å². The van der Waals surface area contributed by atoms with Crippen molar-refractivity contribution >= 4 is 17.6 Å². The van der Waals surface area contributed by atoms with E-state index in [4.69, 9.17) is 5.73 Å². The molecule has 0 spiro atoms. The minimum Gasteiger partial charge on any atom is -0.376 e. The van der Waals surface area contributed by atoms with Crippen molar-refractivity contribution in [1.29, 1.82) is 0 Å². The van der Waals surface area contributed by atoms with Gasteiger partial charge in [-0.3, -0.25) is 10.1 Å². The first kappa shape index (κ1) is 12.0. The number of urea groups is 1. The second-order valence-corrected chi connectivity index (χ2v) is 3.18. The number of halogens is 1. The number of hydrogen-bond acceptors (Lipinski definition) is 3. The number of benzene rings is 1. The standard InChI is InChI=1S/C10H12FN3O2/c1-6-7(11)3-2-4-8(6)13-5-9(15)14-10(12)16/h2-4,13H,5H2,1H3,(H3,12,14,15,16). The Kier molecular flexibility index (Phi) is 3.82. The van der Waals surface area contributed by atoms with E-state index in [1.807, 2.05) is 5.32 Å². The molecule has 4 N–H and O–H groups in total. The van der Waals surface area contributed by atoms with Crippen LogP contribution in [0.5, 0.6) is 0 Å². The Labute approximate surface area is 91.8 Å². The monoisotopic (exact) mass is 225 g/mol. The molecule has 5 nitrogen and oxygen atoms in total. The first-order valence-corrected chi connectivity index (χ1v) is 4.59. The Hall–Kier alpha value is -2.11. The number of rotatable bonds is 3. The van der Waals surface area contributed by atoms with Crippen molar-refractivity contribution in [3.8, 4) is 0 Å². The van der Waals surface area contributed by atoms with Crippen LogP contribution < -0.4 is 16.4 Å². The first-order valence-electron chi connectivity index (χ1n) is 4.59. The number of carbonyl (C=O) groups excluding carboxylic acids is 2. The highest BCUT2D eigenvalue weighted by Gasteiger charge is 2.06. The predicted molar refractivity (Wildman–Crippen MR) is 57.4 cm³/mol. The molecule has 16 heavy (non-hydrogen) atoms. The molecule has 0 heterocycles. The summed E-state index contributed by atoms with van der Waals surface area (Å²) in [6, 6.07) is 3.57. The van der Waals surface area contributed by atoms with E-state index in [2.05, 4.69) is 5.32 Å². The van der Waals surface area contributed by atoms with Gasteiger partial charge < -0.3 is 11.1 Å². The summed E-state index contributed by atoms with van der Waals surface area (Å²) in [6.07, 6.45) is 0. The van der Waals surface area contributed by atoms with Crippen molar-refractivity contribution in [3.05, 3.63) is 29.6 Å². The van der Waals surface area contributed by atoms with Gasteiger partial charge in [0.15, 0.2) is 0 Å². The molecule has 0 saturated heterocycles. The van der Waals surface area contributed by atoms with E-state index < -0.39 is 11.9 Å². The average Bonchev–Trinajstić information content (AvgIpc) is 2.19. The highest BCUT2D eigenvalue weighted by Crippen LogP contribution is 2.16. The molecule has 0 atom stereocenters. The van der Waals surface area contributed by atoms with E-state index in [1.165, 1.54) is 12.1 Å². The molecule has 0 fully saturated rings. The molecule has 0 aliphatic rings. The first-order chi connectivity index (χ1) is 7.50. The summed E-state index contributed by atoms with van der Waals surface area (Å²) in [6.45, 7) is 1.44. The van der Waals surface area contributed by atoms with Gasteiger partial charge in [-0.2, -0.15) is 0 Å². The van der Waals surface area contributed by atoms with Gasteiger partial charge >= 0.3 is 6.03 Å². The molecule has 0 saturated carbocycles. The molecule has 1 rings (SSSR count). The van der Waals surface area contributed by atoms with Gasteiger partial charge in [-0.15, -0.1) is 0 Å². The van der Waals surface area contributed by atoms with E-state index in [9.17, 15) is 14.0 Å². The number of hydrogen-bond donors (Lipinski definition) is 3. The molecular weight excluding hydrogens is 213 g/mol. The minimum absolute atomic E-state index is 0.146. The highest BCUT2D eigenvalue weighted by atomic mass is 19.1. The van der Waals surface area contributed by atoms with E-state index >= 15 is 0 Å². The lowest BCUT2D eigenvalue weighted by molar-refractivity contribution is -0.118. The van der Waals surface area contributed by atoms with Crippen LogP contribution in [0.25, 0.3) is 0 Å². The van der Waals surface area contributed by atoms with Gasteiger partial charge in [0.05, 0.1) is 6.54 Å². The Morgan fingerprint density at radius 1 is 1.44 bits per heavy atom. The van der Waals surface area contributed by atoms with E-state index in [0.29, 0.717) is 11.3 Å². The third kappa shape index (κ3) is 3.23. The molecule has 0 bridgehead atoms. The third-order valence-electron chi connectivity index (χ3n) is 1.97. The zero-order chi connectivity index (χ0) is 12.1. The van der Waals surface area contributed by atoms with Gasteiger partial charge in [-0.25, -0.2) is 9.18 Å². The third-order valence-corrected chi connectivity index (χ3v) is 1.97. The average molecular weight is 225 g/mol. The van der Waals surface area contributed by atoms with Crippen molar-refractivity contribution in [1.82, 2.24) is 5.32 Å². The van der Waals surface area contributed by atoms with Crippen LogP contribution in [0.4, 0.5) is 14.9 Å². The topological polar surface area (TPSA) is 84.2 Å². The normalized spacial score (nSPS) is 9.62. The van der Waals surface area contributed by atoms with E-state index in [1.54, 1.807) is 13.0 Å². The summed E-state index contributed by atoms with van der Waals surface area (Å²) in [5, 5.41) is 4.59. The molecule has 1 aromatic carbocycles. The molecule has 86 valence electrons. The Morgan fingerprint density at radius 3 is 2.75 bits per heavy atom. The number of anilines is 1. The maximum Gasteiger partial charge on any atom is 0.318 e. The molecule has 0 aromatic heterocycles. The summed E-state index contributed by atoms with van der Waals surface area (Å²) >= 11 is 0. The summed E-state index contributed by atoms with van der Waals surface area (Å²) in [5.74, 6) is -0.934. The predicted octanol–water partition coefficient (Wildman–Crippen LogP) is 0.741. The Morgan fingerprint density at radius 2 is 2.12 bits per heavy atom. The molecule has 3 amide bonds. The number of amides is 3. The zero-order valence-corrected chi connectivity index (χ0v) is 8.71. The van der Waals surface area contributed by atoms with Crippen molar-refractivity contribution in [2.45, 2.75) is 6.92 Å². The molecule has 0 radical (unpaired) electrons. The number of carbonyl (C=O) groups is 2. The fourth-order valence-corrected chi connectivity index (χ4v) is 1.16. The second-order valence-electron chi connectivity index (χ2n) is 3.18. The van der Waals surface area contributed by atoms with Gasteiger partial charge in [0.2, 0.25) is 5.91 Å². The van der Waals surface area contributed by atoms with E-state index in [-0.39, 0.29) is 12.4 Å². The van der Waals surface area contributed by atoms with Crippen LogP contribution in [0.15, 0.2) is 18.2 Å². The quantitative estimate of drug-likeness (QED) is 0.709. The lowest BCUT2D eigenvalue weighted by atomic mass is 10.2. The maximum atomic E-state index is 13.1. The fraction of sp³-hybridized carbons (Fsp3) is 0.200. The summed E-state index contributed by atoms with van der Waals surface area (Å²) in [5.41, 5.74) is 5.67. The fourth-order valence-electron chi connectivity index (χ4n) is 1.16. The van der Waals surface area contributed by atoms with Crippen molar-refractivity contribution in [2.75, 3.05) is 11.9 Å². The number of imide groups is 1. The van der Waals surface area contributed by atoms with Crippen LogP contribution in [0.1, 0.15) is 5.56 Å². The second kappa shape index (κ2) is 5.11. The molecule has 0 unspecified atom stereocenters. The number of primary amides is 1. The largest absolute Gasteiger partial charge is 0.376 e. The van der Waals surface area contributed by atoms with Crippen molar-refractivity contribution in [3.63, 3.8) is 0 Å². The van der Waals surface area contributed by atoms with Crippen LogP contribution in [0.2, 0.25) is 0 Å².